The first-order valence-electron chi connectivity index (χ1n) is 7.19. The third kappa shape index (κ3) is 3.02. The number of benzene rings is 1. The maximum atomic E-state index is 5.95. The minimum Gasteiger partial charge on any atom is -0.368 e. The summed E-state index contributed by atoms with van der Waals surface area (Å²) >= 11 is 7.33. The molecule has 0 amide bonds. The van der Waals surface area contributed by atoms with Gasteiger partial charge in [-0.1, -0.05) is 29.8 Å². The smallest absolute Gasteiger partial charge is 0.222 e. The number of hydrogen-bond donors (Lipinski definition) is 1. The van der Waals surface area contributed by atoms with Gasteiger partial charge in [-0.15, -0.1) is 10.2 Å². The van der Waals surface area contributed by atoms with Crippen molar-refractivity contribution in [3.05, 3.63) is 47.4 Å². The Morgan fingerprint density at radius 1 is 1.13 bits per heavy atom. The zero-order chi connectivity index (χ0) is 15.8. The van der Waals surface area contributed by atoms with E-state index < -0.39 is 0 Å². The zero-order valence-electron chi connectivity index (χ0n) is 12.1. The van der Waals surface area contributed by atoms with Gasteiger partial charge < -0.3 is 5.73 Å². The van der Waals surface area contributed by atoms with Gasteiger partial charge in [0.2, 0.25) is 11.1 Å². The zero-order valence-corrected chi connectivity index (χ0v) is 13.6. The molecule has 1 fully saturated rings. The van der Waals surface area contributed by atoms with Crippen LogP contribution in [0.15, 0.2) is 46.6 Å². The summed E-state index contributed by atoms with van der Waals surface area (Å²) in [6, 6.07) is 11.7. The van der Waals surface area contributed by atoms with Gasteiger partial charge in [0.1, 0.15) is 16.0 Å². The Balaban J connectivity index is 1.76. The van der Waals surface area contributed by atoms with E-state index in [9.17, 15) is 0 Å². The van der Waals surface area contributed by atoms with Crippen LogP contribution < -0.4 is 5.73 Å². The van der Waals surface area contributed by atoms with Crippen molar-refractivity contribution in [2.45, 2.75) is 28.9 Å². The Morgan fingerprint density at radius 2 is 1.91 bits per heavy atom. The van der Waals surface area contributed by atoms with E-state index in [1.807, 2.05) is 30.3 Å². The van der Waals surface area contributed by atoms with Gasteiger partial charge >= 0.3 is 0 Å². The first-order valence-corrected chi connectivity index (χ1v) is 8.39. The Kier molecular flexibility index (Phi) is 3.66. The molecule has 0 radical (unpaired) electrons. The molecule has 0 atom stereocenters. The van der Waals surface area contributed by atoms with Crippen molar-refractivity contribution in [3.63, 3.8) is 0 Å². The van der Waals surface area contributed by atoms with Gasteiger partial charge in [0, 0.05) is 17.7 Å². The van der Waals surface area contributed by atoms with Gasteiger partial charge in [0.25, 0.3) is 0 Å². The van der Waals surface area contributed by atoms with E-state index in [-0.39, 0.29) is 5.95 Å². The Labute approximate surface area is 142 Å². The molecule has 3 aromatic rings. The second-order valence-corrected chi connectivity index (χ2v) is 6.65. The predicted octanol–water partition coefficient (Wildman–Crippen LogP) is 3.32. The third-order valence-electron chi connectivity index (χ3n) is 3.50. The van der Waals surface area contributed by atoms with Crippen LogP contribution in [-0.2, 0) is 0 Å². The number of aromatic nitrogens is 5. The summed E-state index contributed by atoms with van der Waals surface area (Å²) < 4.78 is 2.08. The van der Waals surface area contributed by atoms with Gasteiger partial charge in [-0.25, -0.2) is 9.97 Å². The lowest BCUT2D eigenvalue weighted by Crippen LogP contribution is -2.02. The normalized spacial score (nSPS) is 14.1. The topological polar surface area (TPSA) is 82.5 Å². The van der Waals surface area contributed by atoms with E-state index >= 15 is 0 Å². The third-order valence-corrected chi connectivity index (χ3v) is 4.56. The molecule has 1 aromatic carbocycles. The molecule has 2 heterocycles. The predicted molar refractivity (Wildman–Crippen MR) is 88.9 cm³/mol. The van der Waals surface area contributed by atoms with Gasteiger partial charge in [-0.3, -0.25) is 4.57 Å². The lowest BCUT2D eigenvalue weighted by molar-refractivity contribution is 0.828. The molecule has 1 aliphatic rings. The fourth-order valence-electron chi connectivity index (χ4n) is 2.33. The molecule has 116 valence electrons. The molecule has 4 rings (SSSR count). The van der Waals surface area contributed by atoms with Gasteiger partial charge in [0.05, 0.1) is 0 Å². The Morgan fingerprint density at radius 3 is 2.61 bits per heavy atom. The van der Waals surface area contributed by atoms with Crippen molar-refractivity contribution < 1.29 is 0 Å². The number of nitrogens with zero attached hydrogens (tertiary/aromatic N) is 5. The second kappa shape index (κ2) is 5.82. The van der Waals surface area contributed by atoms with E-state index in [1.54, 1.807) is 6.07 Å². The van der Waals surface area contributed by atoms with Crippen molar-refractivity contribution in [3.8, 4) is 5.69 Å². The lowest BCUT2D eigenvalue weighted by atomic mass is 10.3. The van der Waals surface area contributed by atoms with Gasteiger partial charge in [-0.05, 0) is 36.7 Å². The maximum absolute atomic E-state index is 5.95. The number of halogens is 1. The molecule has 0 bridgehead atoms. The number of anilines is 1. The van der Waals surface area contributed by atoms with Crippen LogP contribution in [0.25, 0.3) is 5.69 Å². The van der Waals surface area contributed by atoms with Crippen LogP contribution in [0, 0.1) is 0 Å². The summed E-state index contributed by atoms with van der Waals surface area (Å²) in [6.07, 6.45) is 2.31. The molecule has 2 N–H and O–H groups in total. The number of rotatable bonds is 4. The molecule has 2 aromatic heterocycles. The molecule has 1 aliphatic carbocycles. The first kappa shape index (κ1) is 14.5. The summed E-state index contributed by atoms with van der Waals surface area (Å²) in [4.78, 5) is 8.07. The molecular formula is C15H13ClN6S. The highest BCUT2D eigenvalue weighted by molar-refractivity contribution is 7.99. The van der Waals surface area contributed by atoms with Crippen LogP contribution >= 0.6 is 23.4 Å². The summed E-state index contributed by atoms with van der Waals surface area (Å²) in [5, 5.41) is 10.4. The second-order valence-electron chi connectivity index (χ2n) is 5.28. The number of hydrogen-bond acceptors (Lipinski definition) is 6. The number of para-hydroxylation sites is 1. The van der Waals surface area contributed by atoms with Crippen molar-refractivity contribution in [2.24, 2.45) is 0 Å². The van der Waals surface area contributed by atoms with Crippen LogP contribution in [-0.4, -0.2) is 24.7 Å². The SMILES string of the molecule is Nc1nc(Cl)cc(Sc2nnc(C3CC3)n2-c2ccccc2)n1. The standard InChI is InChI=1S/C15H13ClN6S/c16-11-8-12(19-14(17)18-11)23-15-21-20-13(9-6-7-9)22(15)10-4-2-1-3-5-10/h1-5,8-9H,6-7H2,(H2,17,18,19). The Bertz CT molecular complexity index is 826. The van der Waals surface area contributed by atoms with Crippen molar-refractivity contribution in [1.82, 2.24) is 24.7 Å². The maximum Gasteiger partial charge on any atom is 0.222 e. The average molecular weight is 345 g/mol. The summed E-state index contributed by atoms with van der Waals surface area (Å²) in [5.41, 5.74) is 6.70. The molecule has 0 saturated heterocycles. The molecule has 0 aliphatic heterocycles. The van der Waals surface area contributed by atoms with E-state index in [0.717, 1.165) is 29.5 Å². The molecule has 23 heavy (non-hydrogen) atoms. The fourth-order valence-corrected chi connectivity index (χ4v) is 3.46. The average Bonchev–Trinajstić information content (AvgIpc) is 3.29. The molecular weight excluding hydrogens is 332 g/mol. The van der Waals surface area contributed by atoms with Gasteiger partial charge in [-0.2, -0.15) is 0 Å². The van der Waals surface area contributed by atoms with Crippen LogP contribution in [0.1, 0.15) is 24.6 Å². The quantitative estimate of drug-likeness (QED) is 0.731. The minimum atomic E-state index is 0.146. The minimum absolute atomic E-state index is 0.146. The fraction of sp³-hybridized carbons (Fsp3) is 0.200. The highest BCUT2D eigenvalue weighted by atomic mass is 35.5. The van der Waals surface area contributed by atoms with Crippen LogP contribution in [0.5, 0.6) is 0 Å². The summed E-state index contributed by atoms with van der Waals surface area (Å²) in [6.45, 7) is 0. The highest BCUT2D eigenvalue weighted by Crippen LogP contribution is 2.41. The van der Waals surface area contributed by atoms with Crippen LogP contribution in [0.3, 0.4) is 0 Å². The largest absolute Gasteiger partial charge is 0.368 e. The van der Waals surface area contributed by atoms with Crippen molar-refractivity contribution in [2.75, 3.05) is 5.73 Å². The van der Waals surface area contributed by atoms with E-state index in [4.69, 9.17) is 17.3 Å². The van der Waals surface area contributed by atoms with Crippen LogP contribution in [0.2, 0.25) is 5.15 Å². The van der Waals surface area contributed by atoms with Crippen LogP contribution in [0.4, 0.5) is 5.95 Å². The van der Waals surface area contributed by atoms with Crippen molar-refractivity contribution in [1.29, 1.82) is 0 Å². The van der Waals surface area contributed by atoms with E-state index in [1.165, 1.54) is 11.8 Å². The lowest BCUT2D eigenvalue weighted by Gasteiger charge is -2.09. The summed E-state index contributed by atoms with van der Waals surface area (Å²) in [5.74, 6) is 1.62. The number of nitrogen functional groups attached to an aromatic ring is 1. The van der Waals surface area contributed by atoms with Gasteiger partial charge in [0.15, 0.2) is 0 Å². The first-order chi connectivity index (χ1) is 11.2. The van der Waals surface area contributed by atoms with E-state index in [0.29, 0.717) is 16.1 Å². The molecule has 1 saturated carbocycles. The van der Waals surface area contributed by atoms with E-state index in [2.05, 4.69) is 24.7 Å². The molecule has 6 nitrogen and oxygen atoms in total. The Hall–Kier alpha value is -2.12. The molecule has 0 spiro atoms. The molecule has 8 heteroatoms. The number of nitrogens with two attached hydrogens (primary N) is 1. The molecule has 0 unspecified atom stereocenters. The highest BCUT2D eigenvalue weighted by Gasteiger charge is 2.31. The monoisotopic (exact) mass is 344 g/mol. The van der Waals surface area contributed by atoms with Crippen molar-refractivity contribution >= 4 is 29.3 Å². The summed E-state index contributed by atoms with van der Waals surface area (Å²) in [7, 11) is 0.